The molecule has 26 heavy (non-hydrogen) atoms. The number of hydrogen-bond acceptors (Lipinski definition) is 5. The zero-order chi connectivity index (χ0) is 19.3. The molecular weight excluding hydrogens is 426 g/mol. The zero-order valence-electron chi connectivity index (χ0n) is 13.7. The highest BCUT2D eigenvalue weighted by Crippen LogP contribution is 2.17. The number of non-ortho nitro benzene ring substituents is 1. The van der Waals surface area contributed by atoms with Crippen molar-refractivity contribution >= 4 is 43.2 Å². The number of nitrogens with zero attached hydrogens (tertiary/aromatic N) is 1. The summed E-state index contributed by atoms with van der Waals surface area (Å²) in [6.45, 7) is 1.67. The van der Waals surface area contributed by atoms with Crippen molar-refractivity contribution < 1.29 is 18.1 Å². The fourth-order valence-electron chi connectivity index (χ4n) is 2.09. The Balaban J connectivity index is 2.10. The van der Waals surface area contributed by atoms with Crippen molar-refractivity contribution in [3.63, 3.8) is 0 Å². The number of amides is 1. The fraction of sp³-hybridized carbons (Fsp3) is 0.188. The van der Waals surface area contributed by atoms with Crippen molar-refractivity contribution in [2.45, 2.75) is 24.3 Å². The topological polar surface area (TPSA) is 118 Å². The number of nitro benzene ring substituents is 1. The molecule has 0 saturated carbocycles. The summed E-state index contributed by atoms with van der Waals surface area (Å²) in [6, 6.07) is 10.3. The van der Waals surface area contributed by atoms with E-state index in [1.807, 2.05) is 0 Å². The minimum atomic E-state index is -3.86. The van der Waals surface area contributed by atoms with Crippen LogP contribution in [0.2, 0.25) is 0 Å². The molecule has 0 fully saturated rings. The molecule has 0 aromatic heterocycles. The van der Waals surface area contributed by atoms with E-state index in [1.165, 1.54) is 36.4 Å². The van der Waals surface area contributed by atoms with Crippen LogP contribution < -0.4 is 10.0 Å². The molecule has 2 rings (SSSR count). The molecule has 1 amide bonds. The van der Waals surface area contributed by atoms with Gasteiger partial charge in [-0.2, -0.15) is 4.72 Å². The van der Waals surface area contributed by atoms with Crippen LogP contribution >= 0.6 is 15.9 Å². The quantitative estimate of drug-likeness (QED) is 0.505. The molecule has 0 saturated heterocycles. The van der Waals surface area contributed by atoms with Gasteiger partial charge in [0.15, 0.2) is 0 Å². The number of sulfonamides is 1. The van der Waals surface area contributed by atoms with Gasteiger partial charge in [-0.1, -0.05) is 22.9 Å². The molecule has 0 bridgehead atoms. The molecule has 10 heteroatoms. The van der Waals surface area contributed by atoms with Crippen LogP contribution in [0.1, 0.15) is 13.3 Å². The highest BCUT2D eigenvalue weighted by atomic mass is 79.9. The first kappa shape index (κ1) is 20.0. The van der Waals surface area contributed by atoms with Gasteiger partial charge in [-0.3, -0.25) is 14.9 Å². The highest BCUT2D eigenvalue weighted by molar-refractivity contribution is 9.10. The molecule has 1 unspecified atom stereocenters. The number of carbonyl (C=O) groups is 1. The maximum Gasteiger partial charge on any atom is 0.269 e. The Labute approximate surface area is 158 Å². The number of nitrogens with one attached hydrogen (secondary N) is 2. The zero-order valence-corrected chi connectivity index (χ0v) is 16.1. The Morgan fingerprint density at radius 1 is 1.15 bits per heavy atom. The third-order valence-corrected chi connectivity index (χ3v) is 5.51. The van der Waals surface area contributed by atoms with Gasteiger partial charge in [0.25, 0.3) is 5.69 Å². The molecule has 1 atom stereocenters. The number of nitro groups is 1. The second kappa shape index (κ2) is 8.39. The second-order valence-corrected chi connectivity index (χ2v) is 7.96. The number of carbonyl (C=O) groups excluding carboxylic acids is 1. The Morgan fingerprint density at radius 2 is 1.73 bits per heavy atom. The number of hydrogen-bond donors (Lipinski definition) is 2. The first-order valence-electron chi connectivity index (χ1n) is 7.56. The van der Waals surface area contributed by atoms with Crippen LogP contribution in [-0.4, -0.2) is 25.3 Å². The summed E-state index contributed by atoms with van der Waals surface area (Å²) in [6.07, 6.45) is 0.231. The van der Waals surface area contributed by atoms with Gasteiger partial charge in [0, 0.05) is 22.3 Å². The third kappa shape index (κ3) is 5.10. The average Bonchev–Trinajstić information content (AvgIpc) is 2.60. The lowest BCUT2D eigenvalue weighted by Crippen LogP contribution is -2.43. The van der Waals surface area contributed by atoms with Crippen LogP contribution in [0.5, 0.6) is 0 Å². The van der Waals surface area contributed by atoms with E-state index >= 15 is 0 Å². The van der Waals surface area contributed by atoms with Crippen LogP contribution in [-0.2, 0) is 14.8 Å². The van der Waals surface area contributed by atoms with E-state index in [0.717, 1.165) is 4.47 Å². The predicted molar refractivity (Wildman–Crippen MR) is 100 cm³/mol. The fourth-order valence-corrected chi connectivity index (χ4v) is 3.63. The summed E-state index contributed by atoms with van der Waals surface area (Å²) >= 11 is 3.23. The van der Waals surface area contributed by atoms with Gasteiger partial charge in [0.1, 0.15) is 6.04 Å². The summed E-state index contributed by atoms with van der Waals surface area (Å²) in [5.41, 5.74) is 0.230. The summed E-state index contributed by atoms with van der Waals surface area (Å²) in [4.78, 5) is 22.5. The largest absolute Gasteiger partial charge is 0.325 e. The van der Waals surface area contributed by atoms with Crippen LogP contribution in [0.15, 0.2) is 57.9 Å². The molecule has 0 spiro atoms. The molecule has 2 aromatic rings. The Kier molecular flexibility index (Phi) is 6.46. The van der Waals surface area contributed by atoms with Crippen molar-refractivity contribution in [3.05, 3.63) is 63.1 Å². The standard InChI is InChI=1S/C16H16BrN3O5S/c1-2-15(19-26(24,25)14-9-3-11(17)4-10-14)16(21)18-12-5-7-13(8-6-12)20(22)23/h3-10,15,19H,2H2,1H3,(H,18,21). The maximum absolute atomic E-state index is 12.4. The monoisotopic (exact) mass is 441 g/mol. The average molecular weight is 442 g/mol. The first-order chi connectivity index (χ1) is 12.2. The molecule has 0 aliphatic heterocycles. The lowest BCUT2D eigenvalue weighted by molar-refractivity contribution is -0.384. The van der Waals surface area contributed by atoms with Gasteiger partial charge in [-0.15, -0.1) is 0 Å². The van der Waals surface area contributed by atoms with Crippen molar-refractivity contribution in [1.29, 1.82) is 0 Å². The SMILES string of the molecule is CCC(NS(=O)(=O)c1ccc(Br)cc1)C(=O)Nc1ccc([N+](=O)[O-])cc1. The van der Waals surface area contributed by atoms with E-state index in [1.54, 1.807) is 19.1 Å². The predicted octanol–water partition coefficient (Wildman–Crippen LogP) is 3.05. The smallest absolute Gasteiger partial charge is 0.269 e. The molecular formula is C16H16BrN3O5S. The van der Waals surface area contributed by atoms with Gasteiger partial charge in [-0.25, -0.2) is 8.42 Å². The van der Waals surface area contributed by atoms with Gasteiger partial charge >= 0.3 is 0 Å². The van der Waals surface area contributed by atoms with E-state index in [0.29, 0.717) is 5.69 Å². The molecule has 0 heterocycles. The van der Waals surface area contributed by atoms with Crippen LogP contribution in [0, 0.1) is 10.1 Å². The van der Waals surface area contributed by atoms with Gasteiger partial charge in [0.2, 0.25) is 15.9 Å². The maximum atomic E-state index is 12.4. The molecule has 0 aliphatic carbocycles. The van der Waals surface area contributed by atoms with E-state index in [2.05, 4.69) is 26.0 Å². The van der Waals surface area contributed by atoms with Gasteiger partial charge in [-0.05, 0) is 42.8 Å². The third-order valence-electron chi connectivity index (χ3n) is 3.49. The van der Waals surface area contributed by atoms with Gasteiger partial charge in [0.05, 0.1) is 9.82 Å². The van der Waals surface area contributed by atoms with E-state index in [-0.39, 0.29) is 17.0 Å². The molecule has 8 nitrogen and oxygen atoms in total. The van der Waals surface area contributed by atoms with Crippen molar-refractivity contribution in [1.82, 2.24) is 4.72 Å². The van der Waals surface area contributed by atoms with Crippen molar-refractivity contribution in [2.24, 2.45) is 0 Å². The van der Waals surface area contributed by atoms with Crippen molar-refractivity contribution in [3.8, 4) is 0 Å². The lowest BCUT2D eigenvalue weighted by Gasteiger charge is -2.17. The van der Waals surface area contributed by atoms with Crippen LogP contribution in [0.3, 0.4) is 0 Å². The van der Waals surface area contributed by atoms with E-state index in [9.17, 15) is 23.3 Å². The van der Waals surface area contributed by atoms with E-state index in [4.69, 9.17) is 0 Å². The summed E-state index contributed by atoms with van der Waals surface area (Å²) in [5, 5.41) is 13.2. The Morgan fingerprint density at radius 3 is 2.23 bits per heavy atom. The van der Waals surface area contributed by atoms with Crippen molar-refractivity contribution in [2.75, 3.05) is 5.32 Å². The Hall–Kier alpha value is -2.30. The number of halogens is 1. The minimum Gasteiger partial charge on any atom is -0.325 e. The molecule has 138 valence electrons. The number of anilines is 1. The molecule has 2 N–H and O–H groups in total. The normalized spacial score (nSPS) is 12.4. The van der Waals surface area contributed by atoms with Crippen LogP contribution in [0.4, 0.5) is 11.4 Å². The minimum absolute atomic E-state index is 0.0438. The van der Waals surface area contributed by atoms with Gasteiger partial charge < -0.3 is 5.32 Å². The first-order valence-corrected chi connectivity index (χ1v) is 9.84. The number of rotatable bonds is 7. The van der Waals surface area contributed by atoms with Crippen LogP contribution in [0.25, 0.3) is 0 Å². The molecule has 0 aliphatic rings. The Bertz CT molecular complexity index is 898. The highest BCUT2D eigenvalue weighted by Gasteiger charge is 2.24. The summed E-state index contributed by atoms with van der Waals surface area (Å²) in [5.74, 6) is -0.554. The summed E-state index contributed by atoms with van der Waals surface area (Å²) < 4.78 is 27.9. The lowest BCUT2D eigenvalue weighted by atomic mass is 10.2. The second-order valence-electron chi connectivity index (χ2n) is 5.33. The van der Waals surface area contributed by atoms with E-state index < -0.39 is 26.9 Å². The number of benzene rings is 2. The summed E-state index contributed by atoms with van der Waals surface area (Å²) in [7, 11) is -3.86. The molecule has 0 radical (unpaired) electrons. The molecule has 2 aromatic carbocycles.